The van der Waals surface area contributed by atoms with Gasteiger partial charge >= 0.3 is 0 Å². The molecule has 0 N–H and O–H groups in total. The second kappa shape index (κ2) is 6.54. The topological polar surface area (TPSA) is 51.8 Å². The lowest BCUT2D eigenvalue weighted by Gasteiger charge is -1.99. The SMILES string of the molecule is Cc1ccccc1-c1nnc(SCCc2ccccn2)o1. The van der Waals surface area contributed by atoms with Crippen molar-refractivity contribution in [2.24, 2.45) is 0 Å². The van der Waals surface area contributed by atoms with Gasteiger partial charge < -0.3 is 4.42 Å². The highest BCUT2D eigenvalue weighted by molar-refractivity contribution is 7.99. The van der Waals surface area contributed by atoms with Crippen LogP contribution in [0.3, 0.4) is 0 Å². The molecule has 4 nitrogen and oxygen atoms in total. The highest BCUT2D eigenvalue weighted by Gasteiger charge is 2.10. The minimum absolute atomic E-state index is 0.577. The van der Waals surface area contributed by atoms with Crippen LogP contribution in [-0.4, -0.2) is 20.9 Å². The molecule has 0 bridgehead atoms. The van der Waals surface area contributed by atoms with Gasteiger partial charge in [0.05, 0.1) is 0 Å². The van der Waals surface area contributed by atoms with Crippen LogP contribution < -0.4 is 0 Å². The molecule has 2 heterocycles. The lowest BCUT2D eigenvalue weighted by molar-refractivity contribution is 0.465. The predicted octanol–water partition coefficient (Wildman–Crippen LogP) is 3.77. The summed E-state index contributed by atoms with van der Waals surface area (Å²) in [5.74, 6) is 1.44. The fraction of sp³-hybridized carbons (Fsp3) is 0.188. The summed E-state index contributed by atoms with van der Waals surface area (Å²) in [4.78, 5) is 4.29. The fourth-order valence-electron chi connectivity index (χ4n) is 1.98. The monoisotopic (exact) mass is 297 g/mol. The van der Waals surface area contributed by atoms with Gasteiger partial charge in [0.1, 0.15) is 0 Å². The van der Waals surface area contributed by atoms with Gasteiger partial charge in [-0.1, -0.05) is 36.0 Å². The number of hydrogen-bond acceptors (Lipinski definition) is 5. The van der Waals surface area contributed by atoms with Crippen molar-refractivity contribution in [1.29, 1.82) is 0 Å². The summed E-state index contributed by atoms with van der Waals surface area (Å²) in [7, 11) is 0. The van der Waals surface area contributed by atoms with E-state index < -0.39 is 0 Å². The van der Waals surface area contributed by atoms with E-state index in [1.54, 1.807) is 11.8 Å². The number of thioether (sulfide) groups is 1. The Morgan fingerprint density at radius 1 is 1.05 bits per heavy atom. The van der Waals surface area contributed by atoms with Gasteiger partial charge in [-0.2, -0.15) is 0 Å². The standard InChI is InChI=1S/C16H15N3OS/c1-12-6-2-3-8-14(12)15-18-19-16(20-15)21-11-9-13-7-4-5-10-17-13/h2-8,10H,9,11H2,1H3. The molecule has 0 saturated heterocycles. The van der Waals surface area contributed by atoms with Gasteiger partial charge in [0.25, 0.3) is 5.22 Å². The predicted molar refractivity (Wildman–Crippen MR) is 83.1 cm³/mol. The molecular weight excluding hydrogens is 282 g/mol. The lowest BCUT2D eigenvalue weighted by Crippen LogP contribution is -1.91. The Labute approximate surface area is 127 Å². The van der Waals surface area contributed by atoms with E-state index >= 15 is 0 Å². The molecule has 0 spiro atoms. The van der Waals surface area contributed by atoms with E-state index in [0.717, 1.165) is 29.0 Å². The summed E-state index contributed by atoms with van der Waals surface area (Å²) in [6, 6.07) is 13.9. The number of pyridine rings is 1. The van der Waals surface area contributed by atoms with Crippen LogP contribution in [-0.2, 0) is 6.42 Å². The Morgan fingerprint density at radius 3 is 2.71 bits per heavy atom. The molecule has 5 heteroatoms. The molecule has 3 aromatic rings. The van der Waals surface area contributed by atoms with Crippen molar-refractivity contribution >= 4 is 11.8 Å². The Kier molecular flexibility index (Phi) is 4.31. The van der Waals surface area contributed by atoms with Crippen LogP contribution in [0.2, 0.25) is 0 Å². The molecule has 0 aliphatic heterocycles. The van der Waals surface area contributed by atoms with E-state index in [-0.39, 0.29) is 0 Å². The third-order valence-electron chi connectivity index (χ3n) is 3.09. The Hall–Kier alpha value is -2.14. The van der Waals surface area contributed by atoms with Gasteiger partial charge in [-0.3, -0.25) is 4.98 Å². The number of hydrogen-bond donors (Lipinski definition) is 0. The van der Waals surface area contributed by atoms with E-state index in [1.165, 1.54) is 0 Å². The number of rotatable bonds is 5. The number of nitrogens with zero attached hydrogens (tertiary/aromatic N) is 3. The van der Waals surface area contributed by atoms with Gasteiger partial charge in [0, 0.05) is 23.2 Å². The highest BCUT2D eigenvalue weighted by atomic mass is 32.2. The molecule has 0 amide bonds. The molecule has 0 fully saturated rings. The van der Waals surface area contributed by atoms with Gasteiger partial charge in [0.2, 0.25) is 5.89 Å². The average molecular weight is 297 g/mol. The fourth-order valence-corrected chi connectivity index (χ4v) is 2.70. The first-order valence-corrected chi connectivity index (χ1v) is 7.74. The van der Waals surface area contributed by atoms with Crippen LogP contribution in [0.5, 0.6) is 0 Å². The molecule has 21 heavy (non-hydrogen) atoms. The minimum Gasteiger partial charge on any atom is -0.411 e. The van der Waals surface area contributed by atoms with Crippen molar-refractivity contribution < 1.29 is 4.42 Å². The maximum Gasteiger partial charge on any atom is 0.276 e. The molecule has 0 saturated carbocycles. The van der Waals surface area contributed by atoms with Crippen LogP contribution >= 0.6 is 11.8 Å². The largest absolute Gasteiger partial charge is 0.411 e. The van der Waals surface area contributed by atoms with Gasteiger partial charge in [-0.05, 0) is 37.1 Å². The van der Waals surface area contributed by atoms with E-state index in [4.69, 9.17) is 4.42 Å². The second-order valence-corrected chi connectivity index (χ2v) is 5.65. The van der Waals surface area contributed by atoms with Crippen molar-refractivity contribution in [3.05, 3.63) is 59.9 Å². The summed E-state index contributed by atoms with van der Waals surface area (Å²) >= 11 is 1.56. The summed E-state index contributed by atoms with van der Waals surface area (Å²) in [6.45, 7) is 2.04. The summed E-state index contributed by atoms with van der Waals surface area (Å²) < 4.78 is 5.71. The number of benzene rings is 1. The van der Waals surface area contributed by atoms with E-state index in [0.29, 0.717) is 11.1 Å². The maximum absolute atomic E-state index is 5.71. The third kappa shape index (κ3) is 3.49. The summed E-state index contributed by atoms with van der Waals surface area (Å²) in [6.07, 6.45) is 2.69. The average Bonchev–Trinajstić information content (AvgIpc) is 2.97. The van der Waals surface area contributed by atoms with Crippen molar-refractivity contribution in [3.63, 3.8) is 0 Å². The molecule has 0 unspecified atom stereocenters. The molecule has 2 aromatic heterocycles. The molecule has 3 rings (SSSR count). The van der Waals surface area contributed by atoms with Gasteiger partial charge in [-0.15, -0.1) is 10.2 Å². The van der Waals surface area contributed by atoms with E-state index in [9.17, 15) is 0 Å². The Morgan fingerprint density at radius 2 is 1.90 bits per heavy atom. The van der Waals surface area contributed by atoms with Crippen molar-refractivity contribution in [3.8, 4) is 11.5 Å². The lowest BCUT2D eigenvalue weighted by atomic mass is 10.1. The minimum atomic E-state index is 0.577. The molecule has 0 atom stereocenters. The zero-order valence-electron chi connectivity index (χ0n) is 11.7. The molecule has 1 aromatic carbocycles. The van der Waals surface area contributed by atoms with Crippen LogP contribution in [0.15, 0.2) is 58.3 Å². The van der Waals surface area contributed by atoms with Crippen molar-refractivity contribution in [1.82, 2.24) is 15.2 Å². The molecule has 0 aliphatic carbocycles. The quantitative estimate of drug-likeness (QED) is 0.671. The first-order valence-electron chi connectivity index (χ1n) is 6.75. The van der Waals surface area contributed by atoms with Crippen molar-refractivity contribution in [2.75, 3.05) is 5.75 Å². The van der Waals surface area contributed by atoms with Crippen LogP contribution in [0, 0.1) is 6.92 Å². The van der Waals surface area contributed by atoms with Crippen LogP contribution in [0.25, 0.3) is 11.5 Å². The van der Waals surface area contributed by atoms with E-state index in [1.807, 2.05) is 55.6 Å². The summed E-state index contributed by atoms with van der Waals surface area (Å²) in [5.41, 5.74) is 3.19. The highest BCUT2D eigenvalue weighted by Crippen LogP contribution is 2.25. The molecule has 0 aliphatic rings. The number of aryl methyl sites for hydroxylation is 2. The summed E-state index contributed by atoms with van der Waals surface area (Å²) in [5, 5.41) is 8.81. The normalized spacial score (nSPS) is 10.7. The second-order valence-electron chi connectivity index (χ2n) is 4.61. The first kappa shape index (κ1) is 13.8. The Bertz CT molecular complexity index is 712. The van der Waals surface area contributed by atoms with Crippen LogP contribution in [0.4, 0.5) is 0 Å². The Balaban J connectivity index is 1.62. The van der Waals surface area contributed by atoms with Gasteiger partial charge in [-0.25, -0.2) is 0 Å². The third-order valence-corrected chi connectivity index (χ3v) is 3.91. The smallest absolute Gasteiger partial charge is 0.276 e. The molecule has 0 radical (unpaired) electrons. The number of aromatic nitrogens is 3. The first-order chi connectivity index (χ1) is 10.3. The van der Waals surface area contributed by atoms with Gasteiger partial charge in [0.15, 0.2) is 0 Å². The zero-order valence-corrected chi connectivity index (χ0v) is 12.5. The van der Waals surface area contributed by atoms with Crippen LogP contribution in [0.1, 0.15) is 11.3 Å². The molecular formula is C16H15N3OS. The maximum atomic E-state index is 5.71. The van der Waals surface area contributed by atoms with Crippen molar-refractivity contribution in [2.45, 2.75) is 18.6 Å². The van der Waals surface area contributed by atoms with E-state index in [2.05, 4.69) is 15.2 Å². The molecule has 106 valence electrons. The zero-order chi connectivity index (χ0) is 14.5.